The van der Waals surface area contributed by atoms with Crippen LogP contribution in [0.4, 0.5) is 13.2 Å². The van der Waals surface area contributed by atoms with Crippen LogP contribution < -0.4 is 0 Å². The molecule has 0 aliphatic carbocycles. The van der Waals surface area contributed by atoms with E-state index in [0.717, 1.165) is 10.6 Å². The van der Waals surface area contributed by atoms with E-state index in [4.69, 9.17) is 0 Å². The van der Waals surface area contributed by atoms with Crippen LogP contribution in [0.5, 0.6) is 0 Å². The lowest BCUT2D eigenvalue weighted by Gasteiger charge is -2.34. The molecule has 2 atom stereocenters. The molecule has 3 nitrogen and oxygen atoms in total. The zero-order valence-electron chi connectivity index (χ0n) is 10.1. The average Bonchev–Trinajstić information content (AvgIpc) is 2.55. The lowest BCUT2D eigenvalue weighted by atomic mass is 9.99. The first-order chi connectivity index (χ1) is 8.27. The molecular weight excluding hydrogens is 245 g/mol. The summed E-state index contributed by atoms with van der Waals surface area (Å²) in [5.41, 5.74) is -2.05. The molecular formula is C12H15F3N2O. The van der Waals surface area contributed by atoms with Crippen molar-refractivity contribution in [3.63, 3.8) is 0 Å². The first-order valence-electron chi connectivity index (χ1n) is 5.58. The minimum atomic E-state index is -4.68. The second-order valence-corrected chi connectivity index (χ2v) is 4.54. The Kier molecular flexibility index (Phi) is 3.12. The normalized spacial score (nSPS) is 30.9. The number of hydrazine groups is 1. The van der Waals surface area contributed by atoms with E-state index >= 15 is 0 Å². The van der Waals surface area contributed by atoms with Crippen molar-refractivity contribution in [1.29, 1.82) is 0 Å². The maximum Gasteiger partial charge on any atom is 0.432 e. The van der Waals surface area contributed by atoms with Gasteiger partial charge in [0.2, 0.25) is 5.72 Å². The fourth-order valence-corrected chi connectivity index (χ4v) is 2.31. The highest BCUT2D eigenvalue weighted by molar-refractivity contribution is 5.21. The van der Waals surface area contributed by atoms with Crippen LogP contribution in [-0.4, -0.2) is 41.1 Å². The van der Waals surface area contributed by atoms with Crippen molar-refractivity contribution in [1.82, 2.24) is 10.0 Å². The highest BCUT2D eigenvalue weighted by atomic mass is 19.4. The van der Waals surface area contributed by atoms with Crippen molar-refractivity contribution < 1.29 is 18.3 Å². The number of alkyl halides is 3. The van der Waals surface area contributed by atoms with Crippen LogP contribution in [0.2, 0.25) is 0 Å². The molecule has 0 spiro atoms. The Balaban J connectivity index is 2.34. The van der Waals surface area contributed by atoms with Gasteiger partial charge in [-0.2, -0.15) is 13.2 Å². The molecule has 0 aromatic heterocycles. The SMILES string of the molecule is CN1C(c2ccccc2)CC(O)(C(F)(F)F)N1C. The molecule has 1 fully saturated rings. The van der Waals surface area contributed by atoms with Gasteiger partial charge in [0.25, 0.3) is 0 Å². The van der Waals surface area contributed by atoms with E-state index in [2.05, 4.69) is 0 Å². The van der Waals surface area contributed by atoms with Crippen molar-refractivity contribution in [2.75, 3.05) is 14.1 Å². The third-order valence-electron chi connectivity index (χ3n) is 3.58. The monoisotopic (exact) mass is 260 g/mol. The molecule has 6 heteroatoms. The molecule has 18 heavy (non-hydrogen) atoms. The van der Waals surface area contributed by atoms with E-state index in [1.807, 2.05) is 0 Å². The van der Waals surface area contributed by atoms with E-state index in [9.17, 15) is 18.3 Å². The summed E-state index contributed by atoms with van der Waals surface area (Å²) in [6.45, 7) is 0. The quantitative estimate of drug-likeness (QED) is 0.838. The lowest BCUT2D eigenvalue weighted by molar-refractivity contribution is -0.320. The fraction of sp³-hybridized carbons (Fsp3) is 0.500. The third kappa shape index (κ3) is 1.90. The van der Waals surface area contributed by atoms with Crippen LogP contribution in [0.25, 0.3) is 0 Å². The van der Waals surface area contributed by atoms with Gasteiger partial charge in [-0.25, -0.2) is 10.0 Å². The van der Waals surface area contributed by atoms with Gasteiger partial charge in [0, 0.05) is 20.5 Å². The van der Waals surface area contributed by atoms with Crippen LogP contribution in [0.15, 0.2) is 30.3 Å². The molecule has 0 radical (unpaired) electrons. The summed E-state index contributed by atoms with van der Waals surface area (Å²) in [4.78, 5) is 0. The second-order valence-electron chi connectivity index (χ2n) is 4.54. The molecule has 2 unspecified atom stereocenters. The van der Waals surface area contributed by atoms with Gasteiger partial charge in [0.15, 0.2) is 0 Å². The second kappa shape index (κ2) is 4.22. The molecule has 1 aliphatic heterocycles. The number of aliphatic hydroxyl groups is 1. The van der Waals surface area contributed by atoms with Gasteiger partial charge in [-0.05, 0) is 5.56 Å². The van der Waals surface area contributed by atoms with Gasteiger partial charge in [0.05, 0.1) is 6.04 Å². The minimum Gasteiger partial charge on any atom is -0.367 e. The number of benzene rings is 1. The van der Waals surface area contributed by atoms with E-state index in [-0.39, 0.29) is 0 Å². The zero-order valence-corrected chi connectivity index (χ0v) is 10.1. The van der Waals surface area contributed by atoms with Gasteiger partial charge >= 0.3 is 6.18 Å². The maximum atomic E-state index is 12.9. The highest BCUT2D eigenvalue weighted by Gasteiger charge is 2.63. The lowest BCUT2D eigenvalue weighted by Crippen LogP contribution is -2.56. The summed E-state index contributed by atoms with van der Waals surface area (Å²) in [7, 11) is 2.79. The molecule has 2 rings (SSSR count). The molecule has 1 N–H and O–H groups in total. The summed E-state index contributed by atoms with van der Waals surface area (Å²) in [5, 5.41) is 12.1. The Morgan fingerprint density at radius 2 is 1.78 bits per heavy atom. The molecule has 1 aromatic rings. The zero-order chi connectivity index (χ0) is 13.6. The molecule has 100 valence electrons. The van der Waals surface area contributed by atoms with E-state index in [1.165, 1.54) is 12.1 Å². The van der Waals surface area contributed by atoms with E-state index < -0.39 is 24.4 Å². The fourth-order valence-electron chi connectivity index (χ4n) is 2.31. The Morgan fingerprint density at radius 3 is 2.22 bits per heavy atom. The Labute approximate surface area is 103 Å². The van der Waals surface area contributed by atoms with E-state index in [1.54, 1.807) is 37.4 Å². The number of hydrogen-bond acceptors (Lipinski definition) is 3. The van der Waals surface area contributed by atoms with Crippen molar-refractivity contribution in [3.8, 4) is 0 Å². The predicted octanol–water partition coefficient (Wildman–Crippen LogP) is 2.16. The Hall–Kier alpha value is -1.11. The molecule has 0 amide bonds. The predicted molar refractivity (Wildman–Crippen MR) is 60.3 cm³/mol. The molecule has 1 saturated heterocycles. The summed E-state index contributed by atoms with van der Waals surface area (Å²) in [6.07, 6.45) is -5.08. The van der Waals surface area contributed by atoms with Gasteiger partial charge in [-0.3, -0.25) is 0 Å². The largest absolute Gasteiger partial charge is 0.432 e. The summed E-state index contributed by atoms with van der Waals surface area (Å²) in [6, 6.07) is 8.39. The smallest absolute Gasteiger partial charge is 0.367 e. The Bertz CT molecular complexity index is 423. The van der Waals surface area contributed by atoms with Gasteiger partial charge in [0.1, 0.15) is 0 Å². The van der Waals surface area contributed by atoms with Crippen LogP contribution in [0.1, 0.15) is 18.0 Å². The number of hydrogen-bond donors (Lipinski definition) is 1. The highest BCUT2D eigenvalue weighted by Crippen LogP contribution is 2.47. The van der Waals surface area contributed by atoms with Crippen molar-refractivity contribution >= 4 is 0 Å². The van der Waals surface area contributed by atoms with Gasteiger partial charge < -0.3 is 5.11 Å². The number of nitrogens with zero attached hydrogens (tertiary/aromatic N) is 2. The maximum absolute atomic E-state index is 12.9. The topological polar surface area (TPSA) is 26.7 Å². The van der Waals surface area contributed by atoms with Crippen LogP contribution in [-0.2, 0) is 0 Å². The minimum absolute atomic E-state index is 0.395. The first kappa shape index (κ1) is 13.3. The summed E-state index contributed by atoms with van der Waals surface area (Å²) >= 11 is 0. The van der Waals surface area contributed by atoms with Crippen LogP contribution >= 0.6 is 0 Å². The number of rotatable bonds is 1. The molecule has 1 heterocycles. The molecule has 1 aromatic carbocycles. The standard InChI is InChI=1S/C12H15F3N2O/c1-16-10(9-6-4-3-5-7-9)8-11(18,17(16)2)12(13,14)15/h3-7,10,18H,8H2,1-2H3. The van der Waals surface area contributed by atoms with Crippen molar-refractivity contribution in [2.45, 2.75) is 24.4 Å². The molecule has 1 aliphatic rings. The Morgan fingerprint density at radius 1 is 1.22 bits per heavy atom. The summed E-state index contributed by atoms with van der Waals surface area (Å²) in [5.74, 6) is 0. The van der Waals surface area contributed by atoms with Crippen molar-refractivity contribution in [2.24, 2.45) is 0 Å². The van der Waals surface area contributed by atoms with Crippen LogP contribution in [0.3, 0.4) is 0 Å². The number of halogens is 3. The van der Waals surface area contributed by atoms with Gasteiger partial charge in [-0.1, -0.05) is 30.3 Å². The van der Waals surface area contributed by atoms with E-state index in [0.29, 0.717) is 0 Å². The first-order valence-corrected chi connectivity index (χ1v) is 5.58. The third-order valence-corrected chi connectivity index (χ3v) is 3.58. The molecule has 0 bridgehead atoms. The average molecular weight is 260 g/mol. The van der Waals surface area contributed by atoms with Crippen LogP contribution in [0, 0.1) is 0 Å². The summed E-state index contributed by atoms with van der Waals surface area (Å²) < 4.78 is 38.8. The molecule has 0 saturated carbocycles. The van der Waals surface area contributed by atoms with Crippen molar-refractivity contribution in [3.05, 3.63) is 35.9 Å². The van der Waals surface area contributed by atoms with Gasteiger partial charge in [-0.15, -0.1) is 0 Å².